The molecule has 0 aliphatic carbocycles. The van der Waals surface area contributed by atoms with Gasteiger partial charge >= 0.3 is 0 Å². The Morgan fingerprint density at radius 3 is 2.41 bits per heavy atom. The molecule has 0 heterocycles. The van der Waals surface area contributed by atoms with E-state index in [1.165, 1.54) is 17.7 Å². The summed E-state index contributed by atoms with van der Waals surface area (Å²) in [4.78, 5) is 0. The molecule has 1 nitrogen and oxygen atoms in total. The Bertz CT molecular complexity index is 436. The van der Waals surface area contributed by atoms with Gasteiger partial charge in [0.05, 0.1) is 0 Å². The van der Waals surface area contributed by atoms with E-state index in [-0.39, 0.29) is 5.82 Å². The standard InChI is InChI=1S/C15H15FN/c16-14-10-8-13(9-11-14)5-4-12-17-15-6-2-1-3-7-15/h2-3,6-11,17H,4-5,12H2. The van der Waals surface area contributed by atoms with Gasteiger partial charge in [-0.2, -0.15) is 0 Å². The van der Waals surface area contributed by atoms with Crippen LogP contribution in [-0.4, -0.2) is 6.54 Å². The summed E-state index contributed by atoms with van der Waals surface area (Å²) in [6, 6.07) is 17.5. The first-order valence-electron chi connectivity index (χ1n) is 5.79. The number of anilines is 1. The lowest BCUT2D eigenvalue weighted by Gasteiger charge is -2.05. The van der Waals surface area contributed by atoms with Crippen molar-refractivity contribution >= 4 is 5.69 Å². The minimum atomic E-state index is -0.174. The predicted molar refractivity (Wildman–Crippen MR) is 68.5 cm³/mol. The van der Waals surface area contributed by atoms with Gasteiger partial charge in [-0.15, -0.1) is 0 Å². The molecule has 0 aliphatic rings. The van der Waals surface area contributed by atoms with Gasteiger partial charge in [-0.1, -0.05) is 24.3 Å². The van der Waals surface area contributed by atoms with Crippen LogP contribution in [0.5, 0.6) is 0 Å². The summed E-state index contributed by atoms with van der Waals surface area (Å²) in [5, 5.41) is 3.33. The fourth-order valence-corrected chi connectivity index (χ4v) is 1.68. The highest BCUT2D eigenvalue weighted by Crippen LogP contribution is 2.07. The van der Waals surface area contributed by atoms with Crippen LogP contribution < -0.4 is 5.32 Å². The fraction of sp³-hybridized carbons (Fsp3) is 0.200. The van der Waals surface area contributed by atoms with Crippen LogP contribution in [0.1, 0.15) is 12.0 Å². The summed E-state index contributed by atoms with van der Waals surface area (Å²) in [6.45, 7) is 0.918. The molecule has 0 aliphatic heterocycles. The molecule has 0 saturated carbocycles. The largest absolute Gasteiger partial charge is 0.385 e. The maximum atomic E-state index is 12.7. The Hall–Kier alpha value is -1.83. The van der Waals surface area contributed by atoms with E-state index in [0.29, 0.717) is 0 Å². The topological polar surface area (TPSA) is 12.0 Å². The van der Waals surface area contributed by atoms with E-state index in [4.69, 9.17) is 0 Å². The second-order valence-electron chi connectivity index (χ2n) is 3.95. The molecule has 0 aromatic heterocycles. The van der Waals surface area contributed by atoms with Crippen LogP contribution in [0.4, 0.5) is 10.1 Å². The molecule has 2 aromatic carbocycles. The molecule has 2 heteroatoms. The minimum absolute atomic E-state index is 0.174. The lowest BCUT2D eigenvalue weighted by atomic mass is 10.1. The van der Waals surface area contributed by atoms with Crippen molar-refractivity contribution in [1.82, 2.24) is 0 Å². The van der Waals surface area contributed by atoms with Gasteiger partial charge in [0.25, 0.3) is 0 Å². The van der Waals surface area contributed by atoms with Crippen molar-refractivity contribution in [3.63, 3.8) is 0 Å². The smallest absolute Gasteiger partial charge is 0.123 e. The van der Waals surface area contributed by atoms with Crippen LogP contribution in [0.3, 0.4) is 0 Å². The number of hydrogen-bond donors (Lipinski definition) is 1. The molecule has 87 valence electrons. The molecule has 0 fully saturated rings. The van der Waals surface area contributed by atoms with Crippen LogP contribution in [-0.2, 0) is 6.42 Å². The number of rotatable bonds is 5. The second-order valence-corrected chi connectivity index (χ2v) is 3.95. The van der Waals surface area contributed by atoms with E-state index < -0.39 is 0 Å². The summed E-state index contributed by atoms with van der Waals surface area (Å²) in [6.07, 6.45) is 2.00. The maximum absolute atomic E-state index is 12.7. The monoisotopic (exact) mass is 228 g/mol. The number of aryl methyl sites for hydroxylation is 1. The molecule has 0 bridgehead atoms. The minimum Gasteiger partial charge on any atom is -0.385 e. The first kappa shape index (κ1) is 11.6. The van der Waals surface area contributed by atoms with Crippen LogP contribution in [0.15, 0.2) is 48.5 Å². The summed E-state index contributed by atoms with van der Waals surface area (Å²) in [5.41, 5.74) is 2.29. The number of nitrogens with one attached hydrogen (secondary N) is 1. The molecule has 0 amide bonds. The summed E-state index contributed by atoms with van der Waals surface area (Å²) < 4.78 is 12.7. The zero-order valence-corrected chi connectivity index (χ0v) is 9.62. The normalized spacial score (nSPS) is 10.2. The van der Waals surface area contributed by atoms with Gasteiger partial charge in [0.2, 0.25) is 0 Å². The van der Waals surface area contributed by atoms with Crippen molar-refractivity contribution in [2.24, 2.45) is 0 Å². The third kappa shape index (κ3) is 3.91. The van der Waals surface area contributed by atoms with Gasteiger partial charge in [-0.05, 0) is 48.7 Å². The van der Waals surface area contributed by atoms with Crippen molar-refractivity contribution < 1.29 is 4.39 Å². The first-order chi connectivity index (χ1) is 8.34. The van der Waals surface area contributed by atoms with Crippen LogP contribution >= 0.6 is 0 Å². The van der Waals surface area contributed by atoms with Gasteiger partial charge in [-0.3, -0.25) is 0 Å². The van der Waals surface area contributed by atoms with Crippen molar-refractivity contribution in [3.8, 4) is 0 Å². The molecule has 1 N–H and O–H groups in total. The van der Waals surface area contributed by atoms with Crippen molar-refractivity contribution in [2.45, 2.75) is 12.8 Å². The average Bonchev–Trinajstić information content (AvgIpc) is 2.38. The predicted octanol–water partition coefficient (Wildman–Crippen LogP) is 3.67. The summed E-state index contributed by atoms with van der Waals surface area (Å²) in [7, 11) is 0. The van der Waals surface area contributed by atoms with Crippen LogP contribution in [0.25, 0.3) is 0 Å². The third-order valence-corrected chi connectivity index (χ3v) is 2.60. The first-order valence-corrected chi connectivity index (χ1v) is 5.79. The highest BCUT2D eigenvalue weighted by molar-refractivity contribution is 5.41. The Morgan fingerprint density at radius 1 is 1.00 bits per heavy atom. The van der Waals surface area contributed by atoms with Gasteiger partial charge in [0.15, 0.2) is 0 Å². The van der Waals surface area contributed by atoms with E-state index in [0.717, 1.165) is 25.1 Å². The molecular formula is C15H15FN. The summed E-state index contributed by atoms with van der Waals surface area (Å²) >= 11 is 0. The zero-order chi connectivity index (χ0) is 11.9. The molecule has 0 atom stereocenters. The second kappa shape index (κ2) is 6.04. The third-order valence-electron chi connectivity index (χ3n) is 2.60. The number of hydrogen-bond acceptors (Lipinski definition) is 1. The average molecular weight is 228 g/mol. The van der Waals surface area contributed by atoms with Gasteiger partial charge in [0.1, 0.15) is 5.82 Å². The van der Waals surface area contributed by atoms with E-state index in [2.05, 4.69) is 11.4 Å². The van der Waals surface area contributed by atoms with Crippen LogP contribution in [0.2, 0.25) is 0 Å². The molecule has 0 spiro atoms. The number of benzene rings is 2. The Kier molecular flexibility index (Phi) is 4.14. The zero-order valence-electron chi connectivity index (χ0n) is 9.62. The van der Waals surface area contributed by atoms with E-state index in [1.807, 2.05) is 36.4 Å². The molecule has 2 rings (SSSR count). The van der Waals surface area contributed by atoms with Gasteiger partial charge < -0.3 is 5.32 Å². The highest BCUT2D eigenvalue weighted by atomic mass is 19.1. The molecular weight excluding hydrogens is 213 g/mol. The van der Waals surface area contributed by atoms with Gasteiger partial charge in [-0.25, -0.2) is 4.39 Å². The maximum Gasteiger partial charge on any atom is 0.123 e. The van der Waals surface area contributed by atoms with E-state index >= 15 is 0 Å². The molecule has 0 unspecified atom stereocenters. The quantitative estimate of drug-likeness (QED) is 0.770. The Morgan fingerprint density at radius 2 is 1.71 bits per heavy atom. The fourth-order valence-electron chi connectivity index (χ4n) is 1.68. The molecule has 2 aromatic rings. The van der Waals surface area contributed by atoms with Crippen molar-refractivity contribution in [2.75, 3.05) is 11.9 Å². The number of halogens is 1. The molecule has 0 saturated heterocycles. The SMILES string of the molecule is Fc1ccc(CCCNc2cc[c]cc2)cc1. The van der Waals surface area contributed by atoms with Crippen molar-refractivity contribution in [1.29, 1.82) is 0 Å². The van der Waals surface area contributed by atoms with Gasteiger partial charge in [0, 0.05) is 12.2 Å². The lowest BCUT2D eigenvalue weighted by Crippen LogP contribution is -2.02. The molecule has 17 heavy (non-hydrogen) atoms. The Balaban J connectivity index is 1.71. The Labute approximate surface area is 101 Å². The lowest BCUT2D eigenvalue weighted by molar-refractivity contribution is 0.626. The molecule has 1 radical (unpaired) electrons. The van der Waals surface area contributed by atoms with E-state index in [1.54, 1.807) is 0 Å². The van der Waals surface area contributed by atoms with E-state index in [9.17, 15) is 4.39 Å². The summed E-state index contributed by atoms with van der Waals surface area (Å²) in [5.74, 6) is -0.174. The van der Waals surface area contributed by atoms with Crippen molar-refractivity contribution in [3.05, 3.63) is 66.0 Å². The van der Waals surface area contributed by atoms with Crippen LogP contribution in [0, 0.1) is 11.9 Å². The highest BCUT2D eigenvalue weighted by Gasteiger charge is 1.94.